The summed E-state index contributed by atoms with van der Waals surface area (Å²) in [7, 11) is 1.46. The zero-order valence-electron chi connectivity index (χ0n) is 10.7. The molecular formula is C12H25NO2. The highest BCUT2D eigenvalue weighted by Crippen LogP contribution is 2.20. The smallest absolute Gasteiger partial charge is 0.326 e. The van der Waals surface area contributed by atoms with Gasteiger partial charge in [-0.1, -0.05) is 27.2 Å². The van der Waals surface area contributed by atoms with E-state index >= 15 is 0 Å². The van der Waals surface area contributed by atoms with E-state index in [-0.39, 0.29) is 5.97 Å². The second-order valence-electron chi connectivity index (χ2n) is 4.13. The molecule has 0 aromatic heterocycles. The van der Waals surface area contributed by atoms with Gasteiger partial charge in [0, 0.05) is 6.04 Å². The van der Waals surface area contributed by atoms with E-state index in [2.05, 4.69) is 26.1 Å². The number of ether oxygens (including phenoxy) is 1. The fraction of sp³-hybridized carbons (Fsp3) is 0.917. The van der Waals surface area contributed by atoms with Crippen LogP contribution in [-0.2, 0) is 9.53 Å². The minimum Gasteiger partial charge on any atom is -0.468 e. The molecule has 0 rings (SSSR count). The van der Waals surface area contributed by atoms with Crippen molar-refractivity contribution in [2.24, 2.45) is 0 Å². The average molecular weight is 215 g/mol. The quantitative estimate of drug-likeness (QED) is 0.663. The van der Waals surface area contributed by atoms with Gasteiger partial charge in [-0.3, -0.25) is 10.1 Å². The molecular weight excluding hydrogens is 190 g/mol. The topological polar surface area (TPSA) is 38.3 Å². The van der Waals surface area contributed by atoms with Gasteiger partial charge in [0.1, 0.15) is 5.54 Å². The van der Waals surface area contributed by atoms with Gasteiger partial charge in [0.25, 0.3) is 0 Å². The van der Waals surface area contributed by atoms with Crippen molar-refractivity contribution >= 4 is 5.97 Å². The average Bonchev–Trinajstić information content (AvgIpc) is 2.26. The maximum atomic E-state index is 11.8. The molecule has 0 heterocycles. The summed E-state index contributed by atoms with van der Waals surface area (Å²) in [5.41, 5.74) is -0.487. The Morgan fingerprint density at radius 3 is 2.33 bits per heavy atom. The Labute approximate surface area is 93.6 Å². The summed E-state index contributed by atoms with van der Waals surface area (Å²) in [5, 5.41) is 3.41. The van der Waals surface area contributed by atoms with Gasteiger partial charge in [-0.2, -0.15) is 0 Å². The molecule has 0 amide bonds. The molecule has 0 saturated carbocycles. The standard InChI is InChI=1S/C12H25NO2/c1-6-9-12(8-3,11(14)15-5)13-10(4)7-2/h10,13H,6-9H2,1-5H3. The number of carbonyl (C=O) groups is 1. The van der Waals surface area contributed by atoms with Gasteiger partial charge in [0.2, 0.25) is 0 Å². The van der Waals surface area contributed by atoms with Crippen molar-refractivity contribution < 1.29 is 9.53 Å². The lowest BCUT2D eigenvalue weighted by Gasteiger charge is -2.33. The molecule has 2 atom stereocenters. The lowest BCUT2D eigenvalue weighted by Crippen LogP contribution is -2.55. The Morgan fingerprint density at radius 1 is 1.40 bits per heavy atom. The van der Waals surface area contributed by atoms with Crippen LogP contribution < -0.4 is 5.32 Å². The molecule has 0 aliphatic carbocycles. The van der Waals surface area contributed by atoms with Crippen LogP contribution in [0, 0.1) is 0 Å². The number of methoxy groups -OCH3 is 1. The molecule has 3 heteroatoms. The second-order valence-corrected chi connectivity index (χ2v) is 4.13. The number of carbonyl (C=O) groups excluding carboxylic acids is 1. The number of rotatable bonds is 7. The van der Waals surface area contributed by atoms with Gasteiger partial charge in [-0.25, -0.2) is 0 Å². The van der Waals surface area contributed by atoms with Crippen LogP contribution in [0.5, 0.6) is 0 Å². The summed E-state index contributed by atoms with van der Waals surface area (Å²) in [6, 6.07) is 0.343. The normalized spacial score (nSPS) is 16.9. The molecule has 0 aliphatic rings. The fourth-order valence-electron chi connectivity index (χ4n) is 1.85. The van der Waals surface area contributed by atoms with E-state index < -0.39 is 5.54 Å². The Hall–Kier alpha value is -0.570. The molecule has 1 N–H and O–H groups in total. The van der Waals surface area contributed by atoms with Crippen LogP contribution in [-0.4, -0.2) is 24.7 Å². The lowest BCUT2D eigenvalue weighted by molar-refractivity contribution is -0.149. The van der Waals surface area contributed by atoms with Gasteiger partial charge in [0.05, 0.1) is 7.11 Å². The Morgan fingerprint density at radius 2 is 2.00 bits per heavy atom. The van der Waals surface area contributed by atoms with Crippen LogP contribution in [0.3, 0.4) is 0 Å². The molecule has 0 aliphatic heterocycles. The molecule has 2 unspecified atom stereocenters. The van der Waals surface area contributed by atoms with Crippen molar-refractivity contribution in [1.29, 1.82) is 0 Å². The monoisotopic (exact) mass is 215 g/mol. The predicted molar refractivity (Wildman–Crippen MR) is 62.8 cm³/mol. The van der Waals surface area contributed by atoms with E-state index in [4.69, 9.17) is 4.74 Å². The number of hydrogen-bond acceptors (Lipinski definition) is 3. The first-order valence-corrected chi connectivity index (χ1v) is 5.92. The van der Waals surface area contributed by atoms with E-state index in [1.165, 1.54) is 7.11 Å². The summed E-state index contributed by atoms with van der Waals surface area (Å²) < 4.78 is 4.90. The van der Waals surface area contributed by atoms with Gasteiger partial charge in [-0.15, -0.1) is 0 Å². The number of esters is 1. The van der Waals surface area contributed by atoms with Crippen molar-refractivity contribution in [2.75, 3.05) is 7.11 Å². The van der Waals surface area contributed by atoms with Crippen molar-refractivity contribution in [1.82, 2.24) is 5.32 Å². The summed E-state index contributed by atoms with van der Waals surface area (Å²) in [6.07, 6.45) is 3.60. The van der Waals surface area contributed by atoms with Crippen molar-refractivity contribution in [2.45, 2.75) is 65.0 Å². The first-order valence-electron chi connectivity index (χ1n) is 5.92. The highest BCUT2D eigenvalue weighted by Gasteiger charge is 2.37. The molecule has 0 aromatic rings. The van der Waals surface area contributed by atoms with Crippen molar-refractivity contribution in [3.8, 4) is 0 Å². The van der Waals surface area contributed by atoms with Gasteiger partial charge in [0.15, 0.2) is 0 Å². The highest BCUT2D eigenvalue weighted by molar-refractivity contribution is 5.80. The van der Waals surface area contributed by atoms with Gasteiger partial charge in [-0.05, 0) is 26.2 Å². The Bertz CT molecular complexity index is 194. The third-order valence-electron chi connectivity index (χ3n) is 2.99. The van der Waals surface area contributed by atoms with Gasteiger partial charge >= 0.3 is 5.97 Å². The maximum absolute atomic E-state index is 11.8. The van der Waals surface area contributed by atoms with Crippen LogP contribution in [0.15, 0.2) is 0 Å². The molecule has 90 valence electrons. The van der Waals surface area contributed by atoms with E-state index in [0.717, 1.165) is 25.7 Å². The molecule has 0 bridgehead atoms. The molecule has 0 saturated heterocycles. The molecule has 0 fully saturated rings. The molecule has 0 aromatic carbocycles. The van der Waals surface area contributed by atoms with Crippen LogP contribution in [0.2, 0.25) is 0 Å². The Kier molecular flexibility index (Phi) is 6.57. The van der Waals surface area contributed by atoms with Crippen LogP contribution >= 0.6 is 0 Å². The van der Waals surface area contributed by atoms with Crippen LogP contribution in [0.1, 0.15) is 53.4 Å². The first-order chi connectivity index (χ1) is 7.06. The van der Waals surface area contributed by atoms with Crippen molar-refractivity contribution in [3.63, 3.8) is 0 Å². The van der Waals surface area contributed by atoms with E-state index in [9.17, 15) is 4.79 Å². The van der Waals surface area contributed by atoms with E-state index in [1.54, 1.807) is 0 Å². The largest absolute Gasteiger partial charge is 0.468 e. The third kappa shape index (κ3) is 3.82. The van der Waals surface area contributed by atoms with E-state index in [0.29, 0.717) is 6.04 Å². The molecule has 0 spiro atoms. The van der Waals surface area contributed by atoms with Crippen LogP contribution in [0.25, 0.3) is 0 Å². The number of hydrogen-bond donors (Lipinski definition) is 1. The van der Waals surface area contributed by atoms with Gasteiger partial charge < -0.3 is 4.74 Å². The summed E-state index contributed by atoms with van der Waals surface area (Å²) in [4.78, 5) is 11.8. The highest BCUT2D eigenvalue weighted by atomic mass is 16.5. The molecule has 3 nitrogen and oxygen atoms in total. The fourth-order valence-corrected chi connectivity index (χ4v) is 1.85. The Balaban J connectivity index is 4.71. The number of nitrogens with one attached hydrogen (secondary N) is 1. The maximum Gasteiger partial charge on any atom is 0.326 e. The minimum atomic E-state index is -0.487. The summed E-state index contributed by atoms with van der Waals surface area (Å²) >= 11 is 0. The predicted octanol–water partition coefficient (Wildman–Crippen LogP) is 2.50. The second kappa shape index (κ2) is 6.83. The van der Waals surface area contributed by atoms with Crippen molar-refractivity contribution in [3.05, 3.63) is 0 Å². The zero-order valence-corrected chi connectivity index (χ0v) is 10.7. The van der Waals surface area contributed by atoms with Crippen LogP contribution in [0.4, 0.5) is 0 Å². The SMILES string of the molecule is CCCC(CC)(NC(C)CC)C(=O)OC. The summed E-state index contributed by atoms with van der Waals surface area (Å²) in [5.74, 6) is -0.132. The van der Waals surface area contributed by atoms with E-state index in [1.807, 2.05) is 6.92 Å². The third-order valence-corrected chi connectivity index (χ3v) is 2.99. The minimum absolute atomic E-state index is 0.132. The zero-order chi connectivity index (χ0) is 11.9. The molecule has 0 radical (unpaired) electrons. The first kappa shape index (κ1) is 14.4. The summed E-state index contributed by atoms with van der Waals surface area (Å²) in [6.45, 7) is 8.33. The lowest BCUT2D eigenvalue weighted by atomic mass is 9.89. The molecule has 15 heavy (non-hydrogen) atoms.